The summed E-state index contributed by atoms with van der Waals surface area (Å²) in [4.78, 5) is 0. The number of methoxy groups -OCH3 is 1. The van der Waals surface area contributed by atoms with Gasteiger partial charge in [-0.1, -0.05) is 0 Å². The second-order valence-electron chi connectivity index (χ2n) is 4.21. The van der Waals surface area contributed by atoms with E-state index in [9.17, 15) is 18.3 Å². The molecule has 0 radical (unpaired) electrons. The molecule has 0 amide bonds. The SMILES string of the molecule is COCCn1cc(-c2cc(O)ccc2OC(F)(F)F)cn1. The maximum atomic E-state index is 12.4. The van der Waals surface area contributed by atoms with Crippen molar-refractivity contribution in [1.29, 1.82) is 0 Å². The third-order valence-corrected chi connectivity index (χ3v) is 2.66. The molecule has 1 aromatic carbocycles. The average molecular weight is 302 g/mol. The van der Waals surface area contributed by atoms with Crippen LogP contribution in [0.15, 0.2) is 30.6 Å². The van der Waals surface area contributed by atoms with Gasteiger partial charge in [0.15, 0.2) is 0 Å². The summed E-state index contributed by atoms with van der Waals surface area (Å²) in [6.07, 6.45) is -1.86. The molecule has 0 fully saturated rings. The van der Waals surface area contributed by atoms with E-state index in [-0.39, 0.29) is 11.3 Å². The lowest BCUT2D eigenvalue weighted by molar-refractivity contribution is -0.274. The van der Waals surface area contributed by atoms with E-state index >= 15 is 0 Å². The van der Waals surface area contributed by atoms with Crippen molar-refractivity contribution in [2.75, 3.05) is 13.7 Å². The lowest BCUT2D eigenvalue weighted by Crippen LogP contribution is -2.17. The van der Waals surface area contributed by atoms with Gasteiger partial charge in [-0.3, -0.25) is 4.68 Å². The van der Waals surface area contributed by atoms with Crippen LogP contribution in [0.1, 0.15) is 0 Å². The number of hydrogen-bond acceptors (Lipinski definition) is 4. The Balaban J connectivity index is 2.33. The van der Waals surface area contributed by atoms with Gasteiger partial charge in [0.1, 0.15) is 11.5 Å². The number of benzene rings is 1. The van der Waals surface area contributed by atoms with E-state index in [1.165, 1.54) is 24.1 Å². The maximum Gasteiger partial charge on any atom is 0.573 e. The molecule has 1 aromatic heterocycles. The Hall–Kier alpha value is -2.22. The Morgan fingerprint density at radius 3 is 2.76 bits per heavy atom. The number of nitrogens with zero attached hydrogens (tertiary/aromatic N) is 2. The minimum Gasteiger partial charge on any atom is -0.508 e. The first-order valence-corrected chi connectivity index (χ1v) is 5.99. The summed E-state index contributed by atoms with van der Waals surface area (Å²) in [7, 11) is 1.54. The molecule has 21 heavy (non-hydrogen) atoms. The topological polar surface area (TPSA) is 56.5 Å². The van der Waals surface area contributed by atoms with Crippen LogP contribution in [-0.4, -0.2) is 35.0 Å². The summed E-state index contributed by atoms with van der Waals surface area (Å²) in [6, 6.07) is 3.38. The highest BCUT2D eigenvalue weighted by molar-refractivity contribution is 5.70. The van der Waals surface area contributed by atoms with E-state index in [0.717, 1.165) is 12.1 Å². The Bertz CT molecular complexity index is 611. The molecule has 8 heteroatoms. The molecule has 1 heterocycles. The highest BCUT2D eigenvalue weighted by Gasteiger charge is 2.32. The second-order valence-corrected chi connectivity index (χ2v) is 4.21. The van der Waals surface area contributed by atoms with Crippen molar-refractivity contribution in [3.8, 4) is 22.6 Å². The lowest BCUT2D eigenvalue weighted by atomic mass is 10.1. The van der Waals surface area contributed by atoms with Gasteiger partial charge in [0, 0.05) is 24.4 Å². The Morgan fingerprint density at radius 2 is 2.10 bits per heavy atom. The fraction of sp³-hybridized carbons (Fsp3) is 0.308. The molecule has 0 aliphatic rings. The van der Waals surface area contributed by atoms with Crippen LogP contribution in [0.4, 0.5) is 13.2 Å². The summed E-state index contributed by atoms with van der Waals surface area (Å²) in [5.41, 5.74) is 0.511. The zero-order chi connectivity index (χ0) is 15.5. The molecule has 5 nitrogen and oxygen atoms in total. The first-order chi connectivity index (χ1) is 9.89. The maximum absolute atomic E-state index is 12.4. The number of phenolic OH excluding ortho intramolecular Hbond substituents is 1. The summed E-state index contributed by atoms with van der Waals surface area (Å²) in [5.74, 6) is -0.559. The number of rotatable bonds is 5. The number of halogens is 3. The van der Waals surface area contributed by atoms with E-state index in [1.807, 2.05) is 0 Å². The molecule has 2 aromatic rings. The molecule has 0 aliphatic carbocycles. The van der Waals surface area contributed by atoms with E-state index in [1.54, 1.807) is 6.20 Å². The first-order valence-electron chi connectivity index (χ1n) is 5.99. The highest BCUT2D eigenvalue weighted by Crippen LogP contribution is 2.36. The van der Waals surface area contributed by atoms with E-state index < -0.39 is 12.1 Å². The summed E-state index contributed by atoms with van der Waals surface area (Å²) >= 11 is 0. The van der Waals surface area contributed by atoms with E-state index in [0.29, 0.717) is 18.7 Å². The van der Waals surface area contributed by atoms with Gasteiger partial charge < -0.3 is 14.6 Å². The number of phenols is 1. The van der Waals surface area contributed by atoms with E-state index in [4.69, 9.17) is 4.74 Å². The van der Waals surface area contributed by atoms with E-state index in [2.05, 4.69) is 9.84 Å². The van der Waals surface area contributed by atoms with Gasteiger partial charge in [-0.05, 0) is 18.2 Å². The monoisotopic (exact) mass is 302 g/mol. The Kier molecular flexibility index (Phi) is 4.37. The van der Waals surface area contributed by atoms with Crippen molar-refractivity contribution in [2.24, 2.45) is 0 Å². The number of aromatic nitrogens is 2. The average Bonchev–Trinajstić information content (AvgIpc) is 2.85. The van der Waals surface area contributed by atoms with Crippen molar-refractivity contribution >= 4 is 0 Å². The number of ether oxygens (including phenoxy) is 2. The smallest absolute Gasteiger partial charge is 0.508 e. The van der Waals surface area contributed by atoms with Crippen LogP contribution >= 0.6 is 0 Å². The second kappa shape index (κ2) is 6.04. The predicted molar refractivity (Wildman–Crippen MR) is 67.9 cm³/mol. The van der Waals surface area contributed by atoms with Gasteiger partial charge in [0.2, 0.25) is 0 Å². The van der Waals surface area contributed by atoms with Gasteiger partial charge in [-0.2, -0.15) is 5.10 Å². The van der Waals surface area contributed by atoms with Gasteiger partial charge >= 0.3 is 6.36 Å². The number of aromatic hydroxyl groups is 1. The molecule has 0 atom stereocenters. The van der Waals surface area contributed by atoms with Gasteiger partial charge in [-0.25, -0.2) is 0 Å². The molecule has 0 saturated carbocycles. The van der Waals surface area contributed by atoms with Crippen molar-refractivity contribution in [3.63, 3.8) is 0 Å². The highest BCUT2D eigenvalue weighted by atomic mass is 19.4. The fourth-order valence-corrected chi connectivity index (χ4v) is 1.77. The third-order valence-electron chi connectivity index (χ3n) is 2.66. The van der Waals surface area contributed by atoms with Crippen molar-refractivity contribution in [2.45, 2.75) is 12.9 Å². The summed E-state index contributed by atoms with van der Waals surface area (Å²) < 4.78 is 47.5. The van der Waals surface area contributed by atoms with Crippen LogP contribution in [-0.2, 0) is 11.3 Å². The zero-order valence-corrected chi connectivity index (χ0v) is 11.1. The Labute approximate surface area is 118 Å². The molecule has 0 spiro atoms. The van der Waals surface area contributed by atoms with Crippen LogP contribution in [0, 0.1) is 0 Å². The molecular formula is C13H13F3N2O3. The van der Waals surface area contributed by atoms with Crippen LogP contribution in [0.2, 0.25) is 0 Å². The first kappa shape index (κ1) is 15.2. The minimum atomic E-state index is -4.81. The molecular weight excluding hydrogens is 289 g/mol. The van der Waals surface area contributed by atoms with Crippen LogP contribution in [0.3, 0.4) is 0 Å². The number of hydrogen-bond donors (Lipinski definition) is 1. The normalized spacial score (nSPS) is 11.6. The van der Waals surface area contributed by atoms with Gasteiger partial charge in [0.25, 0.3) is 0 Å². The predicted octanol–water partition coefficient (Wildman–Crippen LogP) is 2.80. The molecule has 114 valence electrons. The zero-order valence-electron chi connectivity index (χ0n) is 11.1. The summed E-state index contributed by atoms with van der Waals surface area (Å²) in [6.45, 7) is 0.887. The van der Waals surface area contributed by atoms with Crippen LogP contribution in [0.25, 0.3) is 11.1 Å². The van der Waals surface area contributed by atoms with Gasteiger partial charge in [0.05, 0.1) is 19.3 Å². The molecule has 0 saturated heterocycles. The van der Waals surface area contributed by atoms with Crippen molar-refractivity contribution in [1.82, 2.24) is 9.78 Å². The van der Waals surface area contributed by atoms with Crippen molar-refractivity contribution < 1.29 is 27.8 Å². The lowest BCUT2D eigenvalue weighted by Gasteiger charge is -2.12. The molecule has 2 rings (SSSR count). The molecule has 0 bridgehead atoms. The number of alkyl halides is 3. The molecule has 0 aliphatic heterocycles. The fourth-order valence-electron chi connectivity index (χ4n) is 1.77. The van der Waals surface area contributed by atoms with Crippen LogP contribution in [0.5, 0.6) is 11.5 Å². The largest absolute Gasteiger partial charge is 0.573 e. The van der Waals surface area contributed by atoms with Crippen molar-refractivity contribution in [3.05, 3.63) is 30.6 Å². The van der Waals surface area contributed by atoms with Crippen LogP contribution < -0.4 is 4.74 Å². The quantitative estimate of drug-likeness (QED) is 0.922. The molecule has 1 N–H and O–H groups in total. The minimum absolute atomic E-state index is 0.107. The Morgan fingerprint density at radius 1 is 1.33 bits per heavy atom. The summed E-state index contributed by atoms with van der Waals surface area (Å²) in [5, 5.41) is 13.5. The molecule has 0 unspecified atom stereocenters. The van der Waals surface area contributed by atoms with Gasteiger partial charge in [-0.15, -0.1) is 13.2 Å². The third kappa shape index (κ3) is 4.12. The standard InChI is InChI=1S/C13H13F3N2O3/c1-20-5-4-18-8-9(7-17-18)11-6-10(19)2-3-12(11)21-13(14,15)16/h2-3,6-8,19H,4-5H2,1H3.